The minimum Gasteiger partial charge on any atom is -0.450 e. The zero-order chi connectivity index (χ0) is 23.5. The molecule has 33 heavy (non-hydrogen) atoms. The van der Waals surface area contributed by atoms with Crippen LogP contribution in [0.1, 0.15) is 30.5 Å². The fourth-order valence-corrected chi connectivity index (χ4v) is 7.96. The van der Waals surface area contributed by atoms with Crippen LogP contribution in [-0.2, 0) is 13.5 Å². The molecule has 1 aliphatic heterocycles. The average Bonchev–Trinajstić information content (AvgIpc) is 2.76. The molecule has 0 atom stereocenters. The summed E-state index contributed by atoms with van der Waals surface area (Å²) in [4.78, 5) is 0. The number of rotatable bonds is 4. The molecule has 0 amide bonds. The van der Waals surface area contributed by atoms with Crippen LogP contribution >= 0.6 is 0 Å². The lowest BCUT2D eigenvalue weighted by molar-refractivity contribution is -0.660. The van der Waals surface area contributed by atoms with Gasteiger partial charge in [0.25, 0.3) is 5.69 Å². The smallest absolute Gasteiger partial charge is 0.256 e. The number of hydrogen-bond donors (Lipinski definition) is 0. The average molecular weight is 453 g/mol. The Morgan fingerprint density at radius 3 is 2.39 bits per heavy atom. The van der Waals surface area contributed by atoms with Gasteiger partial charge in [-0.25, -0.2) is 0 Å². The van der Waals surface area contributed by atoms with Crippen molar-refractivity contribution in [3.63, 3.8) is 0 Å². The van der Waals surface area contributed by atoms with Crippen molar-refractivity contribution in [3.8, 4) is 22.8 Å². The minimum absolute atomic E-state index is 0.606. The first-order chi connectivity index (χ1) is 15.7. The van der Waals surface area contributed by atoms with Gasteiger partial charge in [0, 0.05) is 11.5 Å². The molecule has 168 valence electrons. The normalized spacial score (nSPS) is 12.7. The van der Waals surface area contributed by atoms with Crippen molar-refractivity contribution in [2.24, 2.45) is 13.0 Å². The highest BCUT2D eigenvalue weighted by Crippen LogP contribution is 2.47. The highest BCUT2D eigenvalue weighted by atomic mass is 28.3. The Hall–Kier alpha value is -2.91. The summed E-state index contributed by atoms with van der Waals surface area (Å²) in [6.45, 7) is 13.9. The largest absolute Gasteiger partial charge is 0.450 e. The van der Waals surface area contributed by atoms with E-state index in [0.29, 0.717) is 5.92 Å². The second kappa shape index (κ2) is 7.84. The molecule has 2 nitrogen and oxygen atoms in total. The molecule has 0 fully saturated rings. The van der Waals surface area contributed by atoms with Crippen LogP contribution in [0.4, 0.5) is 0 Å². The van der Waals surface area contributed by atoms with E-state index in [0.717, 1.165) is 17.9 Å². The minimum atomic E-state index is -1.97. The first-order valence-corrected chi connectivity index (χ1v) is 15.0. The number of fused-ring (bicyclic) bond motifs is 2. The third-order valence-electron chi connectivity index (χ3n) is 7.32. The Kier molecular flexibility index (Phi) is 5.21. The van der Waals surface area contributed by atoms with Gasteiger partial charge in [0.15, 0.2) is 11.9 Å². The molecule has 0 aliphatic carbocycles. The van der Waals surface area contributed by atoms with Gasteiger partial charge in [-0.3, -0.25) is 0 Å². The molecular formula is C30H34NOSi+. The Balaban J connectivity index is 1.84. The van der Waals surface area contributed by atoms with E-state index < -0.39 is 8.07 Å². The van der Waals surface area contributed by atoms with Crippen LogP contribution in [0.2, 0.25) is 13.1 Å². The molecule has 0 N–H and O–H groups in total. The second-order valence-electron chi connectivity index (χ2n) is 10.6. The fraction of sp³-hybridized carbons (Fsp3) is 0.300. The van der Waals surface area contributed by atoms with E-state index in [1.165, 1.54) is 49.1 Å². The molecule has 3 heteroatoms. The summed E-state index contributed by atoms with van der Waals surface area (Å²) in [5, 5.41) is 5.33. The van der Waals surface area contributed by atoms with Gasteiger partial charge in [0.1, 0.15) is 20.9 Å². The van der Waals surface area contributed by atoms with E-state index in [1.54, 1.807) is 0 Å². The Morgan fingerprint density at radius 1 is 0.970 bits per heavy atom. The summed E-state index contributed by atoms with van der Waals surface area (Å²) in [5.41, 5.74) is 6.57. The summed E-state index contributed by atoms with van der Waals surface area (Å²) in [6, 6.07) is 20.3. The summed E-state index contributed by atoms with van der Waals surface area (Å²) >= 11 is 0. The zero-order valence-electron chi connectivity index (χ0n) is 20.9. The van der Waals surface area contributed by atoms with E-state index in [9.17, 15) is 0 Å². The van der Waals surface area contributed by atoms with Gasteiger partial charge in [-0.2, -0.15) is 4.57 Å². The molecule has 0 bridgehead atoms. The SMILES string of the molecule is Cc1cc2cc(CC(C)C)cc3c2c(c1C)-c1c(c([Si](C)(C)c2ccccc2)cc[n+]1C)O3. The van der Waals surface area contributed by atoms with Gasteiger partial charge in [0.2, 0.25) is 0 Å². The number of pyridine rings is 1. The lowest BCUT2D eigenvalue weighted by atomic mass is 9.89. The highest BCUT2D eigenvalue weighted by molar-refractivity contribution is 7.01. The Labute approximate surface area is 198 Å². The summed E-state index contributed by atoms with van der Waals surface area (Å²) in [7, 11) is 0.176. The van der Waals surface area contributed by atoms with Gasteiger partial charge in [-0.15, -0.1) is 0 Å². The molecule has 2 heterocycles. The van der Waals surface area contributed by atoms with Gasteiger partial charge < -0.3 is 4.74 Å². The topological polar surface area (TPSA) is 13.1 Å². The number of nitrogens with zero attached hydrogens (tertiary/aromatic N) is 1. The van der Waals surface area contributed by atoms with Crippen molar-refractivity contribution in [1.29, 1.82) is 0 Å². The maximum Gasteiger partial charge on any atom is 0.256 e. The number of benzene rings is 3. The number of hydrogen-bond acceptors (Lipinski definition) is 1. The standard InChI is InChI=1S/C30H34NOSi/c1-19(2)15-22-17-23-16-20(3)21(4)27-28(23)25(18-22)32-30-26(13-14-31(5)29(27)30)33(6,7)24-11-9-8-10-12-24/h8-14,16-19H,15H2,1-7H3/q+1. The lowest BCUT2D eigenvalue weighted by Crippen LogP contribution is -2.54. The van der Waals surface area contributed by atoms with Crippen LogP contribution < -0.4 is 19.7 Å². The van der Waals surface area contributed by atoms with Crippen molar-refractivity contribution in [2.75, 3.05) is 0 Å². The molecule has 1 aromatic heterocycles. The summed E-state index contributed by atoms with van der Waals surface area (Å²) in [6.07, 6.45) is 3.28. The molecule has 5 rings (SSSR count). The van der Waals surface area contributed by atoms with Crippen LogP contribution in [0.25, 0.3) is 22.0 Å². The quantitative estimate of drug-likeness (QED) is 0.238. The van der Waals surface area contributed by atoms with E-state index in [-0.39, 0.29) is 0 Å². The van der Waals surface area contributed by atoms with Crippen LogP contribution in [0.15, 0.2) is 60.8 Å². The van der Waals surface area contributed by atoms with Crippen molar-refractivity contribution in [1.82, 2.24) is 0 Å². The van der Waals surface area contributed by atoms with Gasteiger partial charge in [-0.1, -0.05) is 74.6 Å². The van der Waals surface area contributed by atoms with E-state index in [1.807, 2.05) is 0 Å². The van der Waals surface area contributed by atoms with Gasteiger partial charge in [-0.05, 0) is 59.5 Å². The first-order valence-electron chi connectivity index (χ1n) is 12.0. The number of aromatic nitrogens is 1. The molecule has 0 saturated carbocycles. The predicted molar refractivity (Wildman–Crippen MR) is 142 cm³/mol. The monoisotopic (exact) mass is 452 g/mol. The third kappa shape index (κ3) is 3.50. The number of ether oxygens (including phenoxy) is 1. The molecule has 4 aromatic rings. The third-order valence-corrected chi connectivity index (χ3v) is 10.8. The van der Waals surface area contributed by atoms with Crippen molar-refractivity contribution < 1.29 is 9.30 Å². The van der Waals surface area contributed by atoms with E-state index in [4.69, 9.17) is 4.74 Å². The van der Waals surface area contributed by atoms with E-state index in [2.05, 4.69) is 113 Å². The van der Waals surface area contributed by atoms with Crippen molar-refractivity contribution in [2.45, 2.75) is 47.2 Å². The molecule has 1 aliphatic rings. The van der Waals surface area contributed by atoms with Gasteiger partial charge in [0.05, 0.1) is 5.56 Å². The van der Waals surface area contributed by atoms with Crippen LogP contribution in [0.3, 0.4) is 0 Å². The molecule has 0 unspecified atom stereocenters. The maximum absolute atomic E-state index is 6.90. The Bertz CT molecular complexity index is 1390. The maximum atomic E-state index is 6.90. The van der Waals surface area contributed by atoms with Crippen LogP contribution in [0.5, 0.6) is 11.5 Å². The van der Waals surface area contributed by atoms with Crippen molar-refractivity contribution >= 4 is 29.2 Å². The second-order valence-corrected chi connectivity index (χ2v) is 15.0. The first kappa shape index (κ1) is 21.9. The Morgan fingerprint density at radius 2 is 1.70 bits per heavy atom. The molecule has 3 aromatic carbocycles. The highest BCUT2D eigenvalue weighted by Gasteiger charge is 2.38. The van der Waals surface area contributed by atoms with Crippen LogP contribution in [-0.4, -0.2) is 8.07 Å². The van der Waals surface area contributed by atoms with Crippen LogP contribution in [0, 0.1) is 19.8 Å². The zero-order valence-corrected chi connectivity index (χ0v) is 21.9. The van der Waals surface area contributed by atoms with E-state index >= 15 is 0 Å². The molecular weight excluding hydrogens is 418 g/mol. The molecule has 0 saturated heterocycles. The molecule has 0 radical (unpaired) electrons. The van der Waals surface area contributed by atoms with Crippen molar-refractivity contribution in [3.05, 3.63) is 77.5 Å². The summed E-state index contributed by atoms with van der Waals surface area (Å²) in [5.74, 6) is 2.66. The fourth-order valence-electron chi connectivity index (χ4n) is 5.40. The molecule has 0 spiro atoms. The predicted octanol–water partition coefficient (Wildman–Crippen LogP) is 6.07. The summed E-state index contributed by atoms with van der Waals surface area (Å²) < 4.78 is 9.15. The number of aryl methyl sites for hydroxylation is 2. The lowest BCUT2D eigenvalue weighted by Gasteiger charge is -2.29. The van der Waals surface area contributed by atoms with Gasteiger partial charge >= 0.3 is 0 Å².